The number of nitrogens with one attached hydrogen (secondary N) is 1. The van der Waals surface area contributed by atoms with E-state index in [4.69, 9.17) is 0 Å². The number of aromatic nitrogens is 3. The van der Waals surface area contributed by atoms with E-state index in [2.05, 4.69) is 37.9 Å². The van der Waals surface area contributed by atoms with Crippen molar-refractivity contribution in [2.75, 3.05) is 18.4 Å². The van der Waals surface area contributed by atoms with Crippen LogP contribution in [0.25, 0.3) is 0 Å². The van der Waals surface area contributed by atoms with Crippen molar-refractivity contribution in [3.8, 4) is 0 Å². The molecule has 2 aromatic heterocycles. The van der Waals surface area contributed by atoms with Crippen molar-refractivity contribution in [2.45, 2.75) is 45.7 Å². The lowest BCUT2D eigenvalue weighted by Crippen LogP contribution is -2.47. The first-order chi connectivity index (χ1) is 11.7. The number of carbonyl (C=O) groups is 1. The van der Waals surface area contributed by atoms with Crippen LogP contribution in [0, 0.1) is 12.8 Å². The molecule has 0 aromatic carbocycles. The molecule has 1 aliphatic rings. The molecule has 1 N–H and O–H groups in total. The van der Waals surface area contributed by atoms with E-state index in [-0.39, 0.29) is 11.9 Å². The van der Waals surface area contributed by atoms with Crippen LogP contribution in [0.5, 0.6) is 0 Å². The fourth-order valence-corrected chi connectivity index (χ4v) is 3.94. The predicted octanol–water partition coefficient (Wildman–Crippen LogP) is 2.78. The van der Waals surface area contributed by atoms with Crippen molar-refractivity contribution >= 4 is 22.4 Å². The van der Waals surface area contributed by atoms with Crippen LogP contribution in [0.15, 0.2) is 24.0 Å². The third-order valence-electron chi connectivity index (χ3n) is 4.82. The van der Waals surface area contributed by atoms with Gasteiger partial charge in [-0.25, -0.2) is 9.97 Å². The third kappa shape index (κ3) is 4.02. The molecule has 3 rings (SSSR count). The quantitative estimate of drug-likeness (QED) is 0.873. The second-order valence-corrected chi connectivity index (χ2v) is 7.25. The van der Waals surface area contributed by atoms with Crippen molar-refractivity contribution in [3.63, 3.8) is 0 Å². The summed E-state index contributed by atoms with van der Waals surface area (Å²) in [7, 11) is 0. The number of imidazole rings is 1. The van der Waals surface area contributed by atoms with Gasteiger partial charge in [-0.3, -0.25) is 9.69 Å². The molecule has 130 valence electrons. The van der Waals surface area contributed by atoms with Gasteiger partial charge in [0.05, 0.1) is 6.04 Å². The topological polar surface area (TPSA) is 63.1 Å². The highest BCUT2D eigenvalue weighted by Gasteiger charge is 2.29. The highest BCUT2D eigenvalue weighted by atomic mass is 32.1. The number of carbonyl (C=O) groups excluding carboxylic acids is 1. The van der Waals surface area contributed by atoms with Crippen LogP contribution in [0.1, 0.15) is 32.0 Å². The summed E-state index contributed by atoms with van der Waals surface area (Å²) in [6.45, 7) is 7.10. The molecule has 0 aliphatic carbocycles. The number of likely N-dealkylation sites (tertiary alicyclic amines) is 1. The molecule has 0 saturated carbocycles. The molecule has 1 saturated heterocycles. The lowest BCUT2D eigenvalue weighted by molar-refractivity contribution is -0.122. The number of aryl methyl sites for hydroxylation is 1. The van der Waals surface area contributed by atoms with Crippen LogP contribution in [-0.4, -0.2) is 44.5 Å². The van der Waals surface area contributed by atoms with Gasteiger partial charge in [-0.1, -0.05) is 6.92 Å². The first kappa shape index (κ1) is 17.1. The number of thiazole rings is 1. The van der Waals surface area contributed by atoms with Crippen LogP contribution < -0.4 is 5.32 Å². The van der Waals surface area contributed by atoms with Crippen LogP contribution in [0.4, 0.5) is 5.13 Å². The Balaban J connectivity index is 1.52. The van der Waals surface area contributed by atoms with Crippen LogP contribution >= 0.6 is 11.3 Å². The molecule has 1 amide bonds. The molecule has 1 fully saturated rings. The van der Waals surface area contributed by atoms with E-state index in [1.807, 2.05) is 18.5 Å². The fraction of sp³-hybridized carbons (Fsp3) is 0.588. The van der Waals surface area contributed by atoms with Gasteiger partial charge in [0, 0.05) is 30.5 Å². The lowest BCUT2D eigenvalue weighted by Gasteiger charge is -2.36. The molecule has 0 spiro atoms. The summed E-state index contributed by atoms with van der Waals surface area (Å²) in [5.41, 5.74) is 0. The van der Waals surface area contributed by atoms with E-state index in [0.29, 0.717) is 11.0 Å². The summed E-state index contributed by atoms with van der Waals surface area (Å²) in [5.74, 6) is 1.80. The van der Waals surface area contributed by atoms with Crippen molar-refractivity contribution in [2.24, 2.45) is 5.92 Å². The van der Waals surface area contributed by atoms with Crippen molar-refractivity contribution in [1.82, 2.24) is 19.4 Å². The standard InChI is InChI=1S/C17H25N5OS/c1-3-15(16(23)20-17-19-7-11-24-17)21-8-4-14(5-9-21)12-22-10-6-18-13(22)2/h6-7,10-11,14-15H,3-5,8-9,12H2,1-2H3,(H,19,20,23)/t15-/m1/s1. The summed E-state index contributed by atoms with van der Waals surface area (Å²) in [4.78, 5) is 23.3. The maximum Gasteiger partial charge on any atom is 0.243 e. The van der Waals surface area contributed by atoms with Crippen LogP contribution in [0.3, 0.4) is 0 Å². The van der Waals surface area contributed by atoms with E-state index in [1.165, 1.54) is 11.3 Å². The molecule has 0 bridgehead atoms. The molecule has 1 atom stereocenters. The van der Waals surface area contributed by atoms with Gasteiger partial charge in [-0.2, -0.15) is 0 Å². The first-order valence-corrected chi connectivity index (χ1v) is 9.47. The third-order valence-corrected chi connectivity index (χ3v) is 5.51. The lowest BCUT2D eigenvalue weighted by atomic mass is 9.95. The largest absolute Gasteiger partial charge is 0.335 e. The first-order valence-electron chi connectivity index (χ1n) is 8.59. The zero-order valence-corrected chi connectivity index (χ0v) is 15.1. The Bertz CT molecular complexity index is 646. The summed E-state index contributed by atoms with van der Waals surface area (Å²) >= 11 is 1.46. The van der Waals surface area contributed by atoms with Crippen LogP contribution in [0.2, 0.25) is 0 Å². The number of anilines is 1. The van der Waals surface area contributed by atoms with Gasteiger partial charge in [0.15, 0.2) is 5.13 Å². The van der Waals surface area contributed by atoms with Gasteiger partial charge in [-0.15, -0.1) is 11.3 Å². The Morgan fingerprint density at radius 3 is 2.75 bits per heavy atom. The van der Waals surface area contributed by atoms with Gasteiger partial charge < -0.3 is 9.88 Å². The van der Waals surface area contributed by atoms with Crippen molar-refractivity contribution in [1.29, 1.82) is 0 Å². The summed E-state index contributed by atoms with van der Waals surface area (Å²) in [6.07, 6.45) is 8.70. The minimum Gasteiger partial charge on any atom is -0.335 e. The Labute approximate surface area is 146 Å². The molecule has 2 aromatic rings. The number of amides is 1. The summed E-state index contributed by atoms with van der Waals surface area (Å²) < 4.78 is 2.23. The smallest absolute Gasteiger partial charge is 0.243 e. The second-order valence-electron chi connectivity index (χ2n) is 6.36. The minimum atomic E-state index is -0.0650. The predicted molar refractivity (Wildman–Crippen MR) is 96.1 cm³/mol. The Hall–Kier alpha value is -1.73. The molecular formula is C17H25N5OS. The molecule has 7 heteroatoms. The number of hydrogen-bond acceptors (Lipinski definition) is 5. The number of piperidine rings is 1. The Kier molecular flexibility index (Phi) is 5.63. The van der Waals surface area contributed by atoms with Gasteiger partial charge in [0.2, 0.25) is 5.91 Å². The summed E-state index contributed by atoms with van der Waals surface area (Å²) in [5, 5.41) is 5.50. The van der Waals surface area contributed by atoms with E-state index in [0.717, 1.165) is 44.7 Å². The SMILES string of the molecule is CC[C@H](C(=O)Nc1nccs1)N1CCC(Cn2ccnc2C)CC1. The van der Waals surface area contributed by atoms with E-state index < -0.39 is 0 Å². The van der Waals surface area contributed by atoms with E-state index >= 15 is 0 Å². The molecule has 0 unspecified atom stereocenters. The average Bonchev–Trinajstić information content (AvgIpc) is 3.22. The molecule has 24 heavy (non-hydrogen) atoms. The zero-order chi connectivity index (χ0) is 16.9. The minimum absolute atomic E-state index is 0.0650. The zero-order valence-electron chi connectivity index (χ0n) is 14.3. The van der Waals surface area contributed by atoms with Gasteiger partial charge in [-0.05, 0) is 45.2 Å². The number of nitrogens with zero attached hydrogens (tertiary/aromatic N) is 4. The van der Waals surface area contributed by atoms with Crippen molar-refractivity contribution in [3.05, 3.63) is 29.8 Å². The maximum atomic E-state index is 12.5. The highest BCUT2D eigenvalue weighted by Crippen LogP contribution is 2.23. The van der Waals surface area contributed by atoms with Gasteiger partial charge in [0.25, 0.3) is 0 Å². The van der Waals surface area contributed by atoms with Gasteiger partial charge >= 0.3 is 0 Å². The fourth-order valence-electron chi connectivity index (χ4n) is 3.41. The average molecular weight is 347 g/mol. The van der Waals surface area contributed by atoms with Gasteiger partial charge in [0.1, 0.15) is 5.82 Å². The second kappa shape index (κ2) is 7.90. The molecule has 3 heterocycles. The molecular weight excluding hydrogens is 322 g/mol. The Morgan fingerprint density at radius 2 is 2.17 bits per heavy atom. The summed E-state index contributed by atoms with van der Waals surface area (Å²) in [6, 6.07) is -0.0650. The molecule has 1 aliphatic heterocycles. The molecule has 0 radical (unpaired) electrons. The van der Waals surface area contributed by atoms with E-state index in [9.17, 15) is 4.79 Å². The Morgan fingerprint density at radius 1 is 1.38 bits per heavy atom. The normalized spacial score (nSPS) is 17.8. The number of rotatable bonds is 6. The van der Waals surface area contributed by atoms with Crippen LogP contribution in [-0.2, 0) is 11.3 Å². The molecule has 6 nitrogen and oxygen atoms in total. The van der Waals surface area contributed by atoms with Crippen molar-refractivity contribution < 1.29 is 4.79 Å². The highest BCUT2D eigenvalue weighted by molar-refractivity contribution is 7.13. The maximum absolute atomic E-state index is 12.5. The number of hydrogen-bond donors (Lipinski definition) is 1. The van der Waals surface area contributed by atoms with E-state index in [1.54, 1.807) is 6.20 Å². The monoisotopic (exact) mass is 347 g/mol.